The SMILES string of the molecule is CCN1CCCC(S)C1=O. The molecule has 0 aromatic rings. The lowest BCUT2D eigenvalue weighted by molar-refractivity contribution is -0.132. The Hall–Kier alpha value is -0.180. The van der Waals surface area contributed by atoms with Crippen LogP contribution in [0.2, 0.25) is 0 Å². The highest BCUT2D eigenvalue weighted by atomic mass is 32.1. The molecule has 0 N–H and O–H groups in total. The van der Waals surface area contributed by atoms with Crippen molar-refractivity contribution in [2.75, 3.05) is 13.1 Å². The highest BCUT2D eigenvalue weighted by Gasteiger charge is 2.23. The zero-order valence-corrected chi connectivity index (χ0v) is 7.10. The molecule has 10 heavy (non-hydrogen) atoms. The summed E-state index contributed by atoms with van der Waals surface area (Å²) in [6, 6.07) is 0. The van der Waals surface area contributed by atoms with Crippen molar-refractivity contribution in [2.24, 2.45) is 0 Å². The van der Waals surface area contributed by atoms with E-state index in [1.54, 1.807) is 0 Å². The summed E-state index contributed by atoms with van der Waals surface area (Å²) < 4.78 is 0. The summed E-state index contributed by atoms with van der Waals surface area (Å²) in [5.41, 5.74) is 0. The average molecular weight is 159 g/mol. The van der Waals surface area contributed by atoms with Gasteiger partial charge in [0, 0.05) is 13.1 Å². The predicted octanol–water partition coefficient (Wildman–Crippen LogP) is 0.927. The molecule has 1 unspecified atom stereocenters. The van der Waals surface area contributed by atoms with Crippen molar-refractivity contribution in [3.8, 4) is 0 Å². The highest BCUT2D eigenvalue weighted by Crippen LogP contribution is 2.15. The third-order valence-corrected chi connectivity index (χ3v) is 2.36. The van der Waals surface area contributed by atoms with E-state index in [2.05, 4.69) is 12.6 Å². The normalized spacial score (nSPS) is 27.2. The zero-order valence-electron chi connectivity index (χ0n) is 6.21. The molecule has 1 fully saturated rings. The quantitative estimate of drug-likeness (QED) is 0.564. The van der Waals surface area contributed by atoms with Crippen LogP contribution in [-0.4, -0.2) is 29.1 Å². The molecule has 0 saturated carbocycles. The van der Waals surface area contributed by atoms with Crippen LogP contribution in [0.5, 0.6) is 0 Å². The Labute approximate surface area is 67.0 Å². The van der Waals surface area contributed by atoms with Crippen molar-refractivity contribution in [3.63, 3.8) is 0 Å². The Morgan fingerprint density at radius 3 is 3.00 bits per heavy atom. The number of hydrogen-bond donors (Lipinski definition) is 1. The first kappa shape index (κ1) is 7.92. The number of likely N-dealkylation sites (tertiary alicyclic amines) is 1. The molecular weight excluding hydrogens is 146 g/mol. The van der Waals surface area contributed by atoms with Crippen molar-refractivity contribution < 1.29 is 4.79 Å². The highest BCUT2D eigenvalue weighted by molar-refractivity contribution is 7.81. The van der Waals surface area contributed by atoms with Gasteiger partial charge in [0.05, 0.1) is 5.25 Å². The Morgan fingerprint density at radius 2 is 2.50 bits per heavy atom. The van der Waals surface area contributed by atoms with E-state index in [4.69, 9.17) is 0 Å². The van der Waals surface area contributed by atoms with Crippen molar-refractivity contribution in [1.82, 2.24) is 4.90 Å². The minimum Gasteiger partial charge on any atom is -0.342 e. The molecule has 0 aliphatic carbocycles. The summed E-state index contributed by atoms with van der Waals surface area (Å²) in [6.45, 7) is 3.76. The summed E-state index contributed by atoms with van der Waals surface area (Å²) in [4.78, 5) is 13.1. The van der Waals surface area contributed by atoms with E-state index in [9.17, 15) is 4.79 Å². The summed E-state index contributed by atoms with van der Waals surface area (Å²) in [7, 11) is 0. The van der Waals surface area contributed by atoms with Crippen LogP contribution in [0.4, 0.5) is 0 Å². The number of rotatable bonds is 1. The van der Waals surface area contributed by atoms with Crippen molar-refractivity contribution in [3.05, 3.63) is 0 Å². The summed E-state index contributed by atoms with van der Waals surface area (Å²) in [5, 5.41) is -0.0336. The van der Waals surface area contributed by atoms with Crippen molar-refractivity contribution >= 4 is 18.5 Å². The molecule has 0 aromatic carbocycles. The van der Waals surface area contributed by atoms with Gasteiger partial charge in [0.2, 0.25) is 5.91 Å². The minimum atomic E-state index is -0.0336. The second kappa shape index (κ2) is 3.28. The number of carbonyl (C=O) groups is 1. The molecule has 1 amide bonds. The molecule has 1 rings (SSSR count). The van der Waals surface area contributed by atoms with Crippen molar-refractivity contribution in [1.29, 1.82) is 0 Å². The first-order valence-electron chi connectivity index (χ1n) is 3.72. The van der Waals surface area contributed by atoms with Gasteiger partial charge in [-0.2, -0.15) is 12.6 Å². The lowest BCUT2D eigenvalue weighted by Gasteiger charge is -2.28. The predicted molar refractivity (Wildman–Crippen MR) is 44.3 cm³/mol. The van der Waals surface area contributed by atoms with Crippen LogP contribution in [0.25, 0.3) is 0 Å². The maximum atomic E-state index is 11.2. The van der Waals surface area contributed by atoms with E-state index < -0.39 is 0 Å². The molecule has 0 aromatic heterocycles. The maximum Gasteiger partial charge on any atom is 0.235 e. The van der Waals surface area contributed by atoms with Crippen LogP contribution in [0.15, 0.2) is 0 Å². The van der Waals surface area contributed by atoms with Gasteiger partial charge in [-0.3, -0.25) is 4.79 Å². The van der Waals surface area contributed by atoms with E-state index >= 15 is 0 Å². The first-order valence-corrected chi connectivity index (χ1v) is 4.24. The number of thiol groups is 1. The van der Waals surface area contributed by atoms with Gasteiger partial charge in [-0.05, 0) is 19.8 Å². The fourth-order valence-corrected chi connectivity index (χ4v) is 1.58. The Kier molecular flexibility index (Phi) is 2.60. The van der Waals surface area contributed by atoms with Gasteiger partial charge in [0.1, 0.15) is 0 Å². The van der Waals surface area contributed by atoms with E-state index in [-0.39, 0.29) is 11.2 Å². The maximum absolute atomic E-state index is 11.2. The monoisotopic (exact) mass is 159 g/mol. The van der Waals surface area contributed by atoms with Gasteiger partial charge in [-0.25, -0.2) is 0 Å². The molecule has 1 saturated heterocycles. The second-order valence-corrected chi connectivity index (χ2v) is 3.20. The summed E-state index contributed by atoms with van der Waals surface area (Å²) in [5.74, 6) is 0.206. The number of nitrogens with zero attached hydrogens (tertiary/aromatic N) is 1. The second-order valence-electron chi connectivity index (χ2n) is 2.58. The fourth-order valence-electron chi connectivity index (χ4n) is 1.23. The molecule has 1 heterocycles. The molecule has 2 nitrogen and oxygen atoms in total. The standard InChI is InChI=1S/C7H13NOS/c1-2-8-5-3-4-6(10)7(8)9/h6,10H,2-5H2,1H3. The average Bonchev–Trinajstić information content (AvgIpc) is 1.95. The van der Waals surface area contributed by atoms with E-state index in [0.29, 0.717) is 0 Å². The minimum absolute atomic E-state index is 0.0336. The number of hydrogen-bond acceptors (Lipinski definition) is 2. The topological polar surface area (TPSA) is 20.3 Å². The number of amides is 1. The van der Waals surface area contributed by atoms with Gasteiger partial charge >= 0.3 is 0 Å². The lowest BCUT2D eigenvalue weighted by Crippen LogP contribution is -2.41. The van der Waals surface area contributed by atoms with Crippen LogP contribution < -0.4 is 0 Å². The smallest absolute Gasteiger partial charge is 0.235 e. The molecule has 1 aliphatic rings. The van der Waals surface area contributed by atoms with Crippen LogP contribution in [0.1, 0.15) is 19.8 Å². The van der Waals surface area contributed by atoms with Gasteiger partial charge < -0.3 is 4.90 Å². The summed E-state index contributed by atoms with van der Waals surface area (Å²) in [6.07, 6.45) is 2.05. The molecule has 0 spiro atoms. The largest absolute Gasteiger partial charge is 0.342 e. The van der Waals surface area contributed by atoms with Gasteiger partial charge in [-0.1, -0.05) is 0 Å². The Bertz CT molecular complexity index is 138. The van der Waals surface area contributed by atoms with Crippen LogP contribution in [-0.2, 0) is 4.79 Å². The lowest BCUT2D eigenvalue weighted by atomic mass is 10.1. The molecule has 0 bridgehead atoms. The van der Waals surface area contributed by atoms with E-state index in [0.717, 1.165) is 25.9 Å². The van der Waals surface area contributed by atoms with Crippen LogP contribution >= 0.6 is 12.6 Å². The van der Waals surface area contributed by atoms with Gasteiger partial charge in [-0.15, -0.1) is 0 Å². The fraction of sp³-hybridized carbons (Fsp3) is 0.857. The summed E-state index contributed by atoms with van der Waals surface area (Å²) >= 11 is 4.18. The number of piperidine rings is 1. The molecule has 3 heteroatoms. The molecular formula is C7H13NOS. The molecule has 0 radical (unpaired) electrons. The Balaban J connectivity index is 2.51. The molecule has 58 valence electrons. The first-order chi connectivity index (χ1) is 4.75. The van der Waals surface area contributed by atoms with Crippen LogP contribution in [0.3, 0.4) is 0 Å². The van der Waals surface area contributed by atoms with Gasteiger partial charge in [0.25, 0.3) is 0 Å². The van der Waals surface area contributed by atoms with Crippen molar-refractivity contribution in [2.45, 2.75) is 25.0 Å². The van der Waals surface area contributed by atoms with Gasteiger partial charge in [0.15, 0.2) is 0 Å². The molecule has 1 aliphatic heterocycles. The van der Waals surface area contributed by atoms with E-state index in [1.807, 2.05) is 11.8 Å². The zero-order chi connectivity index (χ0) is 7.56. The molecule has 1 atom stereocenters. The third kappa shape index (κ3) is 1.45. The van der Waals surface area contributed by atoms with E-state index in [1.165, 1.54) is 0 Å². The number of carbonyl (C=O) groups excluding carboxylic acids is 1. The Morgan fingerprint density at radius 1 is 1.80 bits per heavy atom. The third-order valence-electron chi connectivity index (χ3n) is 1.88. The van der Waals surface area contributed by atoms with Crippen LogP contribution in [0, 0.1) is 0 Å².